The molecule has 14 aromatic rings. The number of nitrogens with two attached hydrogens (primary N) is 11. The topological polar surface area (TPSA) is 633 Å². The van der Waals surface area contributed by atoms with E-state index in [4.69, 9.17) is 63.1 Å². The van der Waals surface area contributed by atoms with Crippen molar-refractivity contribution in [3.63, 3.8) is 0 Å². The Labute approximate surface area is 766 Å². The fourth-order valence-electron chi connectivity index (χ4n) is 10.9. The van der Waals surface area contributed by atoms with Crippen LogP contribution in [0.15, 0.2) is 78.1 Å². The van der Waals surface area contributed by atoms with E-state index in [1.54, 1.807) is 94.1 Å². The van der Waals surface area contributed by atoms with Crippen LogP contribution in [0, 0.1) is 48.5 Å². The first kappa shape index (κ1) is 99.2. The lowest BCUT2D eigenvalue weighted by Gasteiger charge is -2.17. The molecule has 0 atom stereocenters. The second kappa shape index (κ2) is 50.1. The molecule has 0 fully saturated rings. The summed E-state index contributed by atoms with van der Waals surface area (Å²) < 4.78 is 0. The summed E-state index contributed by atoms with van der Waals surface area (Å²) in [5.74, 6) is 6.88. The fourth-order valence-corrected chi connectivity index (χ4v) is 16.6. The number of hydrogen-bond donors (Lipinski definition) is 16. The van der Waals surface area contributed by atoms with Crippen molar-refractivity contribution in [2.24, 2.45) is 0 Å². The monoisotopic (exact) mass is 1860 g/mol. The highest BCUT2D eigenvalue weighted by Crippen LogP contribution is 2.23. The zero-order valence-corrected chi connectivity index (χ0v) is 79.5. The molecule has 0 aliphatic rings. The molecule has 42 nitrogen and oxygen atoms in total. The maximum absolute atomic E-state index is 5.66. The summed E-state index contributed by atoms with van der Waals surface area (Å²) in [7, 11) is 15.0. The highest BCUT2D eigenvalue weighted by molar-refractivity contribution is 7.11. The van der Waals surface area contributed by atoms with E-state index in [0.29, 0.717) is 59.5 Å². The third-order valence-corrected chi connectivity index (χ3v) is 23.9. The summed E-state index contributed by atoms with van der Waals surface area (Å²) in [4.78, 5) is 98.7. The Bertz CT molecular complexity index is 5480. The molecule has 0 aliphatic heterocycles. The SMILES string of the molecule is Cc1cc(CCN(C)c2nc(N)nc(N)n2)cs1.Cc1cc(CCNc2nc(N)nc(N(C)C)n2)cs1.Cc1cc(CCNc2nc(N)nc(N)n2)cs1.Cc1cscc1CCN(C)c1nc(N)nc(N)n1.Cc1cscc1CCNc1nc(N)nc(N(C)C)n1.Cc1cscc1CCNc1nc(N)nc(N)n1.Cc1sccc1CCNc1nc(N)nc(N(C)C)n1. The summed E-state index contributed by atoms with van der Waals surface area (Å²) in [6.45, 7) is 20.2. The molecule has 0 spiro atoms. The van der Waals surface area contributed by atoms with Crippen molar-refractivity contribution in [1.29, 1.82) is 0 Å². The molecular formula is C78H114N42S7. The van der Waals surface area contributed by atoms with Gasteiger partial charge in [-0.15, -0.1) is 45.3 Å². The van der Waals surface area contributed by atoms with Crippen molar-refractivity contribution in [3.8, 4) is 0 Å². The Morgan fingerprint density at radius 3 is 0.780 bits per heavy atom. The molecule has 0 saturated carbocycles. The number of aryl methyl sites for hydroxylation is 7. The van der Waals surface area contributed by atoms with E-state index >= 15 is 0 Å². The predicted octanol–water partition coefficient (Wildman–Crippen LogP) is 8.92. The zero-order valence-electron chi connectivity index (χ0n) is 73.8. The fraction of sp³-hybridized carbons (Fsp3) is 0.372. The summed E-state index contributed by atoms with van der Waals surface area (Å²) in [6.07, 6.45) is 6.53. The second-order valence-corrected chi connectivity index (χ2v) is 35.5. The number of nitrogens with one attached hydrogen (secondary N) is 5. The van der Waals surface area contributed by atoms with E-state index in [2.05, 4.69) is 258 Å². The van der Waals surface area contributed by atoms with Crippen LogP contribution in [-0.2, 0) is 44.9 Å². The van der Waals surface area contributed by atoms with Crippen LogP contribution in [-0.4, -0.2) is 207 Å². The van der Waals surface area contributed by atoms with Crippen molar-refractivity contribution >= 4 is 204 Å². The predicted molar refractivity (Wildman–Crippen MR) is 529 cm³/mol. The Hall–Kier alpha value is -13.2. The highest BCUT2D eigenvalue weighted by atomic mass is 32.1. The summed E-state index contributed by atoms with van der Waals surface area (Å²) in [6, 6.07) is 8.70. The highest BCUT2D eigenvalue weighted by Gasteiger charge is 2.15. The minimum atomic E-state index is 0.131. The number of thiophene rings is 7. The molecule has 678 valence electrons. The van der Waals surface area contributed by atoms with Crippen LogP contribution in [0.25, 0.3) is 0 Å². The van der Waals surface area contributed by atoms with Gasteiger partial charge in [-0.05, 0) is 227 Å². The number of nitrogens with zero attached hydrogens (tertiary/aromatic N) is 26. The van der Waals surface area contributed by atoms with Gasteiger partial charge in [0, 0.05) is 122 Å². The van der Waals surface area contributed by atoms with Crippen molar-refractivity contribution in [2.75, 3.05) is 216 Å². The minimum Gasteiger partial charge on any atom is -0.368 e. The first-order valence-corrected chi connectivity index (χ1v) is 45.9. The molecule has 0 unspecified atom stereocenters. The van der Waals surface area contributed by atoms with E-state index in [-0.39, 0.29) is 65.4 Å². The van der Waals surface area contributed by atoms with Gasteiger partial charge in [0.2, 0.25) is 125 Å². The van der Waals surface area contributed by atoms with Crippen LogP contribution < -0.4 is 114 Å². The average Bonchev–Trinajstić information content (AvgIpc) is 1.82. The number of anilines is 21. The average molecular weight is 1860 g/mol. The quantitative estimate of drug-likeness (QED) is 0.0193. The maximum Gasteiger partial charge on any atom is 0.231 e. The maximum atomic E-state index is 5.66. The van der Waals surface area contributed by atoms with Crippen LogP contribution in [0.1, 0.15) is 75.1 Å². The Kier molecular flexibility index (Phi) is 39.1. The molecule has 0 saturated heterocycles. The van der Waals surface area contributed by atoms with Crippen molar-refractivity contribution in [2.45, 2.75) is 93.4 Å². The normalized spacial score (nSPS) is 10.5. The van der Waals surface area contributed by atoms with Gasteiger partial charge < -0.3 is 114 Å². The minimum absolute atomic E-state index is 0.131. The lowest BCUT2D eigenvalue weighted by atomic mass is 10.1. The lowest BCUT2D eigenvalue weighted by Crippen LogP contribution is -2.23. The number of nitrogen functional groups attached to an aromatic ring is 11. The first-order chi connectivity index (χ1) is 60.5. The van der Waals surface area contributed by atoms with Crippen molar-refractivity contribution in [1.82, 2.24) is 105 Å². The molecule has 0 aromatic carbocycles. The lowest BCUT2D eigenvalue weighted by molar-refractivity contribution is 0.832. The molecule has 14 heterocycles. The molecule has 0 aliphatic carbocycles. The van der Waals surface area contributed by atoms with Crippen LogP contribution >= 0.6 is 79.4 Å². The number of hydrogen-bond acceptors (Lipinski definition) is 49. The largest absolute Gasteiger partial charge is 0.368 e. The van der Waals surface area contributed by atoms with Gasteiger partial charge in [0.25, 0.3) is 0 Å². The van der Waals surface area contributed by atoms with Crippen LogP contribution in [0.2, 0.25) is 0 Å². The third-order valence-electron chi connectivity index (χ3n) is 17.5. The van der Waals surface area contributed by atoms with Crippen LogP contribution in [0.5, 0.6) is 0 Å². The molecule has 14 aromatic heterocycles. The Morgan fingerprint density at radius 2 is 0.512 bits per heavy atom. The Balaban J connectivity index is 0.000000183. The van der Waals surface area contributed by atoms with E-state index in [9.17, 15) is 0 Å². The molecule has 14 rings (SSSR count). The van der Waals surface area contributed by atoms with Crippen LogP contribution in [0.4, 0.5) is 125 Å². The van der Waals surface area contributed by atoms with E-state index < -0.39 is 0 Å². The molecule has 49 heteroatoms. The molecular weight excluding hydrogens is 1750 g/mol. The second-order valence-electron chi connectivity index (χ2n) is 28.8. The van der Waals surface area contributed by atoms with E-state index in [0.717, 1.165) is 90.8 Å². The van der Waals surface area contributed by atoms with Crippen LogP contribution in [0.3, 0.4) is 0 Å². The summed E-state index contributed by atoms with van der Waals surface area (Å²) >= 11 is 12.2. The third kappa shape index (κ3) is 35.4. The molecule has 0 radical (unpaired) electrons. The van der Waals surface area contributed by atoms with Gasteiger partial charge in [-0.25, -0.2) is 0 Å². The van der Waals surface area contributed by atoms with Gasteiger partial charge in [0.1, 0.15) is 0 Å². The van der Waals surface area contributed by atoms with Gasteiger partial charge in [-0.3, -0.25) is 0 Å². The zero-order chi connectivity index (χ0) is 92.2. The van der Waals surface area contributed by atoms with Crippen molar-refractivity contribution in [3.05, 3.63) is 153 Å². The number of rotatable bonds is 31. The van der Waals surface area contributed by atoms with Gasteiger partial charge in [0.15, 0.2) is 0 Å². The van der Waals surface area contributed by atoms with Gasteiger partial charge in [-0.1, -0.05) is 0 Å². The first-order valence-electron chi connectivity index (χ1n) is 39.5. The van der Waals surface area contributed by atoms with E-state index in [1.807, 2.05) is 66.2 Å². The summed E-state index contributed by atoms with van der Waals surface area (Å²) in [5, 5.41) is 37.2. The molecule has 127 heavy (non-hydrogen) atoms. The standard InChI is InChI=1S/3C12H18N6S.2C11H16N6S.2C10H14N6S/c1-8-9(5-7-19-8)4-6-14-11-15-10(13)16-12(17-11)18(2)3;1-8-6-19-7-9(8)4-5-14-11-15-10(13)16-12(17-11)18(2)3;1-8-6-9(7-19-8)4-5-14-11-15-10(13)16-12(17-11)18(2)3;1-7-5-18-6-8(7)3-4-17(2)11-15-9(12)14-10(13)16-11;1-7-5-8(6-18-7)3-4-17(2)11-15-9(12)14-10(13)16-11;1-6-4-17-5-7(6)2-3-13-10-15-8(11)14-9(12)16-10;1-6-4-7(5-17-6)2-3-13-10-15-8(11)14-9(12)16-10/h5,7H,4,6H2,1-3H3,(H3,13,14,15,16,17);2*6-7H,4-5H2,1-3H3,(H3,13,14,15,16,17);2*5-6H,3-4H2,1-2H3,(H4,12,13,14,15,16);2*4-5H,2-3H2,1H3,(H5,11,12,13,14,15,16). The number of aromatic nitrogens is 21. The molecule has 0 bridgehead atoms. The molecule has 27 N–H and O–H groups in total. The summed E-state index contributed by atoms with van der Waals surface area (Å²) in [5.41, 5.74) is 74.3. The van der Waals surface area contributed by atoms with E-state index in [1.165, 1.54) is 75.1 Å². The van der Waals surface area contributed by atoms with Gasteiger partial charge in [0.05, 0.1) is 0 Å². The smallest absolute Gasteiger partial charge is 0.231 e. The molecule has 0 amide bonds. The van der Waals surface area contributed by atoms with Crippen molar-refractivity contribution < 1.29 is 0 Å². The van der Waals surface area contributed by atoms with Gasteiger partial charge >= 0.3 is 0 Å². The van der Waals surface area contributed by atoms with Gasteiger partial charge in [-0.2, -0.15) is 139 Å². The Morgan fingerprint density at radius 1 is 0.260 bits per heavy atom. The number of likely N-dealkylation sites (N-methyl/N-ethyl adjacent to an activating group) is 2.